The largest absolute Gasteiger partial charge is 0.481 e. The van der Waals surface area contributed by atoms with Gasteiger partial charge < -0.3 is 9.84 Å². The van der Waals surface area contributed by atoms with Gasteiger partial charge in [0.2, 0.25) is 0 Å². The molecule has 5 aromatic rings. The molecule has 1 aliphatic carbocycles. The van der Waals surface area contributed by atoms with Crippen LogP contribution in [0, 0.1) is 0 Å². The van der Waals surface area contributed by atoms with Gasteiger partial charge in [0.05, 0.1) is 11.6 Å². The van der Waals surface area contributed by atoms with Crippen LogP contribution in [0.2, 0.25) is 0 Å². The van der Waals surface area contributed by atoms with Crippen LogP contribution < -0.4 is 5.32 Å². The minimum absolute atomic E-state index is 0.425. The highest BCUT2D eigenvalue weighted by Crippen LogP contribution is 2.48. The lowest BCUT2D eigenvalue weighted by Crippen LogP contribution is -2.19. The molecule has 0 radical (unpaired) electrons. The van der Waals surface area contributed by atoms with Crippen molar-refractivity contribution in [3.05, 3.63) is 109 Å². The summed E-state index contributed by atoms with van der Waals surface area (Å²) in [5, 5.41) is 12.4. The number of benzene rings is 3. The number of hydrogen-bond donors (Lipinski definition) is 2. The van der Waals surface area contributed by atoms with E-state index in [0.717, 1.165) is 27.8 Å². The first-order valence-electron chi connectivity index (χ1n) is 12.7. The molecule has 0 spiro atoms. The van der Waals surface area contributed by atoms with Gasteiger partial charge in [0.15, 0.2) is 5.65 Å². The molecule has 1 atom stereocenters. The number of ether oxygens (including phenoxy) is 1. The molecule has 194 valence electrons. The lowest BCUT2D eigenvalue weighted by Gasteiger charge is -2.15. The van der Waals surface area contributed by atoms with Gasteiger partial charge in [-0.25, -0.2) is 9.78 Å². The van der Waals surface area contributed by atoms with Crippen molar-refractivity contribution >= 4 is 23.5 Å². The van der Waals surface area contributed by atoms with Crippen molar-refractivity contribution < 1.29 is 19.4 Å². The van der Waals surface area contributed by atoms with Crippen molar-refractivity contribution in [2.45, 2.75) is 31.3 Å². The zero-order valence-corrected chi connectivity index (χ0v) is 21.2. The molecule has 8 nitrogen and oxygen atoms in total. The fourth-order valence-electron chi connectivity index (χ4n) is 4.86. The second-order valence-electron chi connectivity index (χ2n) is 9.74. The minimum Gasteiger partial charge on any atom is -0.481 e. The van der Waals surface area contributed by atoms with E-state index >= 15 is 0 Å². The van der Waals surface area contributed by atoms with Gasteiger partial charge in [0, 0.05) is 18.0 Å². The number of fused-ring (bicyclic) bond motifs is 1. The maximum atomic E-state index is 12.9. The van der Waals surface area contributed by atoms with Crippen LogP contribution in [0.5, 0.6) is 0 Å². The summed E-state index contributed by atoms with van der Waals surface area (Å²) in [6.07, 6.45) is 5.35. The minimum atomic E-state index is -0.759. The Morgan fingerprint density at radius 2 is 1.59 bits per heavy atom. The average molecular weight is 519 g/mol. The maximum Gasteiger partial charge on any atom is 0.413 e. The Bertz CT molecular complexity index is 1660. The third kappa shape index (κ3) is 4.61. The molecule has 0 unspecified atom stereocenters. The number of carboxylic acid groups (broad SMARTS) is 1. The van der Waals surface area contributed by atoms with E-state index in [4.69, 9.17) is 9.72 Å². The quantitative estimate of drug-likeness (QED) is 0.255. The third-order valence-electron chi connectivity index (χ3n) is 7.29. The van der Waals surface area contributed by atoms with Gasteiger partial charge in [0.1, 0.15) is 17.6 Å². The lowest BCUT2D eigenvalue weighted by molar-refractivity contribution is -0.140. The molecular formula is C31H26N4O4. The van der Waals surface area contributed by atoms with Crippen molar-refractivity contribution in [1.29, 1.82) is 0 Å². The topological polar surface area (TPSA) is 106 Å². The van der Waals surface area contributed by atoms with E-state index in [-0.39, 0.29) is 0 Å². The van der Waals surface area contributed by atoms with Crippen LogP contribution in [0.15, 0.2) is 97.5 Å². The Balaban J connectivity index is 1.25. The number of imidazole rings is 1. The predicted octanol–water partition coefficient (Wildman–Crippen LogP) is 6.49. The van der Waals surface area contributed by atoms with Crippen LogP contribution in [0.4, 0.5) is 10.6 Å². The number of carboxylic acids is 1. The van der Waals surface area contributed by atoms with Gasteiger partial charge in [0.25, 0.3) is 0 Å². The maximum absolute atomic E-state index is 12.9. The first kappa shape index (κ1) is 24.4. The molecule has 39 heavy (non-hydrogen) atoms. The first-order chi connectivity index (χ1) is 18.9. The van der Waals surface area contributed by atoms with Crippen LogP contribution in [0.3, 0.4) is 0 Å². The second-order valence-corrected chi connectivity index (χ2v) is 9.74. The smallest absolute Gasteiger partial charge is 0.413 e. The highest BCUT2D eigenvalue weighted by Gasteiger charge is 2.51. The molecule has 6 rings (SSSR count). The van der Waals surface area contributed by atoms with E-state index in [1.807, 2.05) is 85.8 Å². The highest BCUT2D eigenvalue weighted by molar-refractivity contribution is 5.91. The Morgan fingerprint density at radius 1 is 0.949 bits per heavy atom. The molecule has 8 heteroatoms. The van der Waals surface area contributed by atoms with E-state index in [9.17, 15) is 14.7 Å². The van der Waals surface area contributed by atoms with Crippen molar-refractivity contribution in [2.24, 2.45) is 0 Å². The van der Waals surface area contributed by atoms with Crippen LogP contribution in [-0.4, -0.2) is 31.5 Å². The van der Waals surface area contributed by atoms with Crippen LogP contribution in [0.1, 0.15) is 37.0 Å². The Kier molecular flexibility index (Phi) is 6.07. The lowest BCUT2D eigenvalue weighted by atomic mass is 9.93. The molecule has 0 aliphatic heterocycles. The number of aliphatic carboxylic acids is 1. The van der Waals surface area contributed by atoms with Crippen LogP contribution in [0.25, 0.3) is 28.0 Å². The highest BCUT2D eigenvalue weighted by atomic mass is 16.6. The fraction of sp³-hybridized carbons (Fsp3) is 0.161. The van der Waals surface area contributed by atoms with Gasteiger partial charge in [-0.1, -0.05) is 78.9 Å². The number of hydrogen-bond acceptors (Lipinski definition) is 5. The molecule has 2 aromatic heterocycles. The van der Waals surface area contributed by atoms with Crippen LogP contribution >= 0.6 is 0 Å². The first-order valence-corrected chi connectivity index (χ1v) is 12.7. The zero-order chi connectivity index (χ0) is 27.0. The number of nitrogens with zero attached hydrogens (tertiary/aromatic N) is 3. The SMILES string of the molecule is C[C@@H](OC(=O)Nc1c(-c2ccc(-c3ccc(C4(C(=O)O)CC4)cc3)cc2)nc2cnccn12)c1ccccc1. The number of rotatable bonds is 7. The van der Waals surface area contributed by atoms with E-state index < -0.39 is 23.6 Å². The summed E-state index contributed by atoms with van der Waals surface area (Å²) < 4.78 is 7.40. The molecule has 1 fully saturated rings. The average Bonchev–Trinajstić information content (AvgIpc) is 3.71. The number of anilines is 1. The molecule has 1 aliphatic rings. The van der Waals surface area contributed by atoms with Gasteiger partial charge >= 0.3 is 12.1 Å². The summed E-state index contributed by atoms with van der Waals surface area (Å²) in [4.78, 5) is 33.4. The summed E-state index contributed by atoms with van der Waals surface area (Å²) in [5.41, 5.74) is 4.99. The van der Waals surface area contributed by atoms with Gasteiger partial charge in [-0.3, -0.25) is 19.5 Å². The number of carbonyl (C=O) groups is 2. The molecule has 0 saturated heterocycles. The number of amides is 1. The van der Waals surface area contributed by atoms with Gasteiger partial charge in [-0.15, -0.1) is 0 Å². The number of carbonyl (C=O) groups excluding carboxylic acids is 1. The standard InChI is InChI=1S/C31H26N4O4/c1-20(21-5-3-2-4-6-21)39-30(38)34-28-27(33-26-19-32-17-18-35(26)28)24-9-7-22(8-10-24)23-11-13-25(14-12-23)31(15-16-31)29(36)37/h2-14,17-20H,15-16H2,1H3,(H,34,38)(H,36,37)/t20-/m1/s1. The van der Waals surface area contributed by atoms with Crippen molar-refractivity contribution in [3.8, 4) is 22.4 Å². The van der Waals surface area contributed by atoms with Crippen molar-refractivity contribution in [2.75, 3.05) is 5.32 Å². The van der Waals surface area contributed by atoms with Gasteiger partial charge in [-0.2, -0.15) is 0 Å². The molecule has 2 N–H and O–H groups in total. The Labute approximate surface area is 224 Å². The monoisotopic (exact) mass is 518 g/mol. The molecule has 1 amide bonds. The summed E-state index contributed by atoms with van der Waals surface area (Å²) in [5.74, 6) is -0.275. The molecular weight excluding hydrogens is 492 g/mol. The van der Waals surface area contributed by atoms with E-state index in [1.165, 1.54) is 0 Å². The third-order valence-corrected chi connectivity index (χ3v) is 7.29. The Hall–Kier alpha value is -4.98. The molecule has 3 aromatic carbocycles. The number of nitrogens with one attached hydrogen (secondary N) is 1. The second kappa shape index (κ2) is 9.72. The van der Waals surface area contributed by atoms with Crippen molar-refractivity contribution in [1.82, 2.24) is 14.4 Å². The normalized spacial score (nSPS) is 14.5. The number of aromatic nitrogens is 3. The Morgan fingerprint density at radius 3 is 2.23 bits per heavy atom. The summed E-state index contributed by atoms with van der Waals surface area (Å²) in [6.45, 7) is 1.83. The van der Waals surface area contributed by atoms with Crippen LogP contribution in [-0.2, 0) is 14.9 Å². The van der Waals surface area contributed by atoms with E-state index in [1.54, 1.807) is 23.0 Å². The molecule has 1 saturated carbocycles. The van der Waals surface area contributed by atoms with Crippen molar-refractivity contribution in [3.63, 3.8) is 0 Å². The van der Waals surface area contributed by atoms with Gasteiger partial charge in [-0.05, 0) is 42.0 Å². The molecule has 0 bridgehead atoms. The van der Waals surface area contributed by atoms with E-state index in [2.05, 4.69) is 10.3 Å². The zero-order valence-electron chi connectivity index (χ0n) is 21.2. The van der Waals surface area contributed by atoms with E-state index in [0.29, 0.717) is 30.0 Å². The fourth-order valence-corrected chi connectivity index (χ4v) is 4.86. The summed E-state index contributed by atoms with van der Waals surface area (Å²) in [7, 11) is 0. The molecule has 2 heterocycles. The summed E-state index contributed by atoms with van der Waals surface area (Å²) >= 11 is 0. The summed E-state index contributed by atoms with van der Waals surface area (Å²) in [6, 6.07) is 25.1. The predicted molar refractivity (Wildman–Crippen MR) is 147 cm³/mol.